The number of halogens is 3. The minimum atomic E-state index is -4.50. The number of sulfonamides is 1. The van der Waals surface area contributed by atoms with Gasteiger partial charge in [-0.1, -0.05) is 0 Å². The number of benzene rings is 1. The second kappa shape index (κ2) is 7.71. The van der Waals surface area contributed by atoms with E-state index in [0.29, 0.717) is 6.54 Å². The molecule has 6 nitrogen and oxygen atoms in total. The van der Waals surface area contributed by atoms with Gasteiger partial charge in [0.25, 0.3) is 5.91 Å². The van der Waals surface area contributed by atoms with Crippen molar-refractivity contribution in [2.45, 2.75) is 30.0 Å². The first-order chi connectivity index (χ1) is 11.6. The van der Waals surface area contributed by atoms with Crippen LogP contribution in [0.1, 0.15) is 23.2 Å². The summed E-state index contributed by atoms with van der Waals surface area (Å²) in [6.07, 6.45) is -2.88. The highest BCUT2D eigenvalue weighted by Crippen LogP contribution is 2.16. The van der Waals surface area contributed by atoms with Gasteiger partial charge in [-0.25, -0.2) is 13.1 Å². The molecule has 10 heteroatoms. The van der Waals surface area contributed by atoms with Crippen LogP contribution < -0.4 is 10.0 Å². The van der Waals surface area contributed by atoms with Crippen LogP contribution in [0.5, 0.6) is 0 Å². The Bertz CT molecular complexity index is 705. The summed E-state index contributed by atoms with van der Waals surface area (Å²) in [5.74, 6) is -0.914. The van der Waals surface area contributed by atoms with Crippen LogP contribution in [0.2, 0.25) is 0 Å². The van der Waals surface area contributed by atoms with Gasteiger partial charge in [0, 0.05) is 18.2 Å². The summed E-state index contributed by atoms with van der Waals surface area (Å²) in [6, 6.07) is 4.59. The molecule has 0 bridgehead atoms. The Balaban J connectivity index is 2.01. The Labute approximate surface area is 144 Å². The molecule has 0 saturated carbocycles. The maximum absolute atomic E-state index is 12.4. The van der Waals surface area contributed by atoms with Crippen LogP contribution in [0.15, 0.2) is 29.2 Å². The van der Waals surface area contributed by atoms with E-state index in [1.165, 1.54) is 24.3 Å². The molecule has 0 aliphatic carbocycles. The zero-order chi connectivity index (χ0) is 18.7. The van der Waals surface area contributed by atoms with Crippen molar-refractivity contribution in [2.75, 3.05) is 26.7 Å². The molecule has 1 aliphatic rings. The molecule has 25 heavy (non-hydrogen) atoms. The number of alkyl halides is 3. The molecule has 2 rings (SSSR count). The number of carbonyl (C=O) groups is 1. The fourth-order valence-electron chi connectivity index (χ4n) is 2.62. The van der Waals surface area contributed by atoms with Gasteiger partial charge in [0.2, 0.25) is 10.0 Å². The first-order valence-electron chi connectivity index (χ1n) is 7.73. The summed E-state index contributed by atoms with van der Waals surface area (Å²) in [5, 5.41) is 1.73. The highest BCUT2D eigenvalue weighted by Gasteiger charge is 2.28. The highest BCUT2D eigenvalue weighted by atomic mass is 32.2. The van der Waals surface area contributed by atoms with E-state index in [4.69, 9.17) is 0 Å². The number of hydrogen-bond donors (Lipinski definition) is 2. The monoisotopic (exact) mass is 379 g/mol. The van der Waals surface area contributed by atoms with E-state index < -0.39 is 28.7 Å². The van der Waals surface area contributed by atoms with Crippen molar-refractivity contribution in [3.05, 3.63) is 29.8 Å². The van der Waals surface area contributed by atoms with E-state index in [2.05, 4.69) is 4.72 Å². The lowest BCUT2D eigenvalue weighted by molar-refractivity contribution is -0.123. The highest BCUT2D eigenvalue weighted by molar-refractivity contribution is 7.89. The average Bonchev–Trinajstić information content (AvgIpc) is 2.51. The standard InChI is InChI=1S/C15H20F3N3O3S/c1-21-8-2-3-12(9-21)20-25(23,24)13-6-4-11(5-7-13)14(22)19-10-15(16,17)18/h4-7,12,20H,2-3,8-10H2,1H3,(H,19,22). The first-order valence-corrected chi connectivity index (χ1v) is 9.21. The smallest absolute Gasteiger partial charge is 0.343 e. The van der Waals surface area contributed by atoms with Crippen LogP contribution in [-0.4, -0.2) is 58.1 Å². The van der Waals surface area contributed by atoms with Crippen LogP contribution in [0.4, 0.5) is 13.2 Å². The van der Waals surface area contributed by atoms with Crippen LogP contribution in [0.3, 0.4) is 0 Å². The fraction of sp³-hybridized carbons (Fsp3) is 0.533. The zero-order valence-electron chi connectivity index (χ0n) is 13.6. The number of carbonyl (C=O) groups excluding carboxylic acids is 1. The van der Waals surface area contributed by atoms with E-state index in [1.54, 1.807) is 5.32 Å². The normalized spacial score (nSPS) is 19.6. The van der Waals surface area contributed by atoms with Crippen molar-refractivity contribution in [2.24, 2.45) is 0 Å². The number of amides is 1. The van der Waals surface area contributed by atoms with Crippen LogP contribution in [0, 0.1) is 0 Å². The molecule has 1 unspecified atom stereocenters. The van der Waals surface area contributed by atoms with Crippen LogP contribution >= 0.6 is 0 Å². The maximum Gasteiger partial charge on any atom is 0.405 e. The number of rotatable bonds is 5. The third-order valence-electron chi connectivity index (χ3n) is 3.82. The summed E-state index contributed by atoms with van der Waals surface area (Å²) in [4.78, 5) is 13.6. The molecular formula is C15H20F3N3O3S. The summed E-state index contributed by atoms with van der Waals surface area (Å²) in [5.41, 5.74) is -0.0411. The molecule has 0 spiro atoms. The molecule has 1 aliphatic heterocycles. The molecule has 1 aromatic carbocycles. The Morgan fingerprint density at radius 3 is 2.48 bits per heavy atom. The van der Waals surface area contributed by atoms with Crippen molar-refractivity contribution < 1.29 is 26.4 Å². The predicted octanol–water partition coefficient (Wildman–Crippen LogP) is 1.35. The number of hydrogen-bond acceptors (Lipinski definition) is 4. The van der Waals surface area contributed by atoms with Crippen molar-refractivity contribution in [1.82, 2.24) is 14.9 Å². The SMILES string of the molecule is CN1CCCC(NS(=O)(=O)c2ccc(C(=O)NCC(F)(F)F)cc2)C1. The number of nitrogens with zero attached hydrogens (tertiary/aromatic N) is 1. The van der Waals surface area contributed by atoms with Gasteiger partial charge in [0.1, 0.15) is 6.54 Å². The molecule has 1 heterocycles. The Morgan fingerprint density at radius 1 is 1.28 bits per heavy atom. The second-order valence-corrected chi connectivity index (χ2v) is 7.76. The largest absolute Gasteiger partial charge is 0.405 e. The lowest BCUT2D eigenvalue weighted by atomic mass is 10.1. The molecule has 1 saturated heterocycles. The number of likely N-dealkylation sites (N-methyl/N-ethyl adjacent to an activating group) is 1. The van der Waals surface area contributed by atoms with Gasteiger partial charge in [-0.2, -0.15) is 13.2 Å². The predicted molar refractivity (Wildman–Crippen MR) is 85.7 cm³/mol. The topological polar surface area (TPSA) is 78.5 Å². The van der Waals surface area contributed by atoms with Crippen molar-refractivity contribution >= 4 is 15.9 Å². The van der Waals surface area contributed by atoms with E-state index in [0.717, 1.165) is 19.4 Å². The molecule has 1 fully saturated rings. The molecule has 140 valence electrons. The van der Waals surface area contributed by atoms with Crippen molar-refractivity contribution in [1.29, 1.82) is 0 Å². The van der Waals surface area contributed by atoms with Gasteiger partial charge < -0.3 is 10.2 Å². The van der Waals surface area contributed by atoms with Gasteiger partial charge in [0.05, 0.1) is 4.90 Å². The molecule has 1 atom stereocenters. The van der Waals surface area contributed by atoms with Gasteiger partial charge in [-0.3, -0.25) is 4.79 Å². The minimum absolute atomic E-state index is 0.0342. The quantitative estimate of drug-likeness (QED) is 0.810. The van der Waals surface area contributed by atoms with Crippen LogP contribution in [0.25, 0.3) is 0 Å². The number of nitrogens with one attached hydrogen (secondary N) is 2. The fourth-order valence-corrected chi connectivity index (χ4v) is 3.88. The molecular weight excluding hydrogens is 359 g/mol. The Kier molecular flexibility index (Phi) is 6.07. The van der Waals surface area contributed by atoms with E-state index in [1.807, 2.05) is 11.9 Å². The van der Waals surface area contributed by atoms with Crippen LogP contribution in [-0.2, 0) is 10.0 Å². The third-order valence-corrected chi connectivity index (χ3v) is 5.36. The molecule has 2 N–H and O–H groups in total. The summed E-state index contributed by atoms with van der Waals surface area (Å²) in [7, 11) is -1.84. The molecule has 0 aromatic heterocycles. The molecule has 0 radical (unpaired) electrons. The molecule has 1 aromatic rings. The van der Waals surface area contributed by atoms with E-state index >= 15 is 0 Å². The Morgan fingerprint density at radius 2 is 1.92 bits per heavy atom. The summed E-state index contributed by atoms with van der Waals surface area (Å²) in [6.45, 7) is 0.0831. The lowest BCUT2D eigenvalue weighted by Gasteiger charge is -2.29. The second-order valence-electron chi connectivity index (χ2n) is 6.04. The Hall–Kier alpha value is -1.65. The third kappa shape index (κ3) is 5.98. The minimum Gasteiger partial charge on any atom is -0.343 e. The van der Waals surface area contributed by atoms with Gasteiger partial charge in [0.15, 0.2) is 0 Å². The lowest BCUT2D eigenvalue weighted by Crippen LogP contribution is -2.46. The van der Waals surface area contributed by atoms with E-state index in [9.17, 15) is 26.4 Å². The summed E-state index contributed by atoms with van der Waals surface area (Å²) >= 11 is 0. The first kappa shape index (κ1) is 19.7. The van der Waals surface area contributed by atoms with Crippen molar-refractivity contribution in [3.63, 3.8) is 0 Å². The van der Waals surface area contributed by atoms with Gasteiger partial charge in [-0.05, 0) is 50.7 Å². The molecule has 1 amide bonds. The van der Waals surface area contributed by atoms with E-state index in [-0.39, 0.29) is 16.5 Å². The maximum atomic E-state index is 12.4. The van der Waals surface area contributed by atoms with Gasteiger partial charge in [-0.15, -0.1) is 0 Å². The van der Waals surface area contributed by atoms with Gasteiger partial charge >= 0.3 is 6.18 Å². The number of likely N-dealkylation sites (tertiary alicyclic amines) is 1. The average molecular weight is 379 g/mol. The zero-order valence-corrected chi connectivity index (χ0v) is 14.5. The summed E-state index contributed by atoms with van der Waals surface area (Å²) < 4.78 is 63.6. The number of piperidine rings is 1. The van der Waals surface area contributed by atoms with Crippen molar-refractivity contribution in [3.8, 4) is 0 Å².